The van der Waals surface area contributed by atoms with Gasteiger partial charge in [0.2, 0.25) is 0 Å². The molecule has 0 bridgehead atoms. The maximum atomic E-state index is 13.3. The Balaban J connectivity index is 1.36. The van der Waals surface area contributed by atoms with Gasteiger partial charge in [0.05, 0.1) is 41.0 Å². The lowest BCUT2D eigenvalue weighted by atomic mass is 10.0. The molecule has 38 heavy (non-hydrogen) atoms. The zero-order valence-corrected chi connectivity index (χ0v) is 20.6. The number of nitrogens with zero attached hydrogens (tertiary/aromatic N) is 3. The third kappa shape index (κ3) is 5.57. The number of halogens is 4. The van der Waals surface area contributed by atoms with Crippen LogP contribution in [0.25, 0.3) is 11.0 Å². The number of morpholine rings is 1. The highest BCUT2D eigenvalue weighted by Crippen LogP contribution is 2.36. The number of benzene rings is 3. The number of aliphatic hydroxyl groups excluding tert-OH is 1. The molecule has 0 saturated carbocycles. The van der Waals surface area contributed by atoms with Gasteiger partial charge in [0.25, 0.3) is 0 Å². The second-order valence-electron chi connectivity index (χ2n) is 8.72. The van der Waals surface area contributed by atoms with Crippen LogP contribution < -0.4 is 10.2 Å². The number of carbonyl (C=O) groups excluding carboxylic acids is 1. The highest BCUT2D eigenvalue weighted by molar-refractivity contribution is 6.31. The first-order chi connectivity index (χ1) is 18.2. The molecule has 1 aromatic heterocycles. The van der Waals surface area contributed by atoms with Crippen molar-refractivity contribution < 1.29 is 27.8 Å². The zero-order chi connectivity index (χ0) is 26.9. The van der Waals surface area contributed by atoms with Crippen LogP contribution in [0, 0.1) is 0 Å². The Morgan fingerprint density at radius 3 is 2.55 bits per heavy atom. The van der Waals surface area contributed by atoms with E-state index in [2.05, 4.69) is 20.2 Å². The predicted molar refractivity (Wildman–Crippen MR) is 137 cm³/mol. The van der Waals surface area contributed by atoms with E-state index in [1.807, 2.05) is 0 Å². The molecule has 0 radical (unpaired) electrons. The van der Waals surface area contributed by atoms with E-state index in [4.69, 9.17) is 16.3 Å². The first-order valence-corrected chi connectivity index (χ1v) is 12.1. The molecule has 3 aromatic carbocycles. The Morgan fingerprint density at radius 1 is 1.03 bits per heavy atom. The fraction of sp³-hybridized carbons (Fsp3) is 0.222. The Bertz CT molecular complexity index is 1490. The lowest BCUT2D eigenvalue weighted by Crippen LogP contribution is -2.36. The van der Waals surface area contributed by atoms with Crippen LogP contribution >= 0.6 is 11.6 Å². The number of fused-ring (bicyclic) bond motifs is 1. The maximum absolute atomic E-state index is 13.3. The fourth-order valence-corrected chi connectivity index (χ4v) is 4.40. The van der Waals surface area contributed by atoms with Crippen LogP contribution in [-0.2, 0) is 10.9 Å². The third-order valence-corrected chi connectivity index (χ3v) is 6.50. The molecule has 2 heterocycles. The summed E-state index contributed by atoms with van der Waals surface area (Å²) in [5, 5.41) is 12.8. The first-order valence-electron chi connectivity index (χ1n) is 11.7. The Morgan fingerprint density at radius 2 is 1.79 bits per heavy atom. The monoisotopic (exact) mass is 542 g/mol. The van der Waals surface area contributed by atoms with Gasteiger partial charge in [0, 0.05) is 35.5 Å². The number of aromatic nitrogens is 2. The molecule has 2 N–H and O–H groups in total. The van der Waals surface area contributed by atoms with Gasteiger partial charge in [-0.25, -0.2) is 4.98 Å². The SMILES string of the molecule is O=C(c1cccc(NC(O)c2ccc(Cl)c(C(F)(F)F)c2)c1)c1ccc2ncc(N3CCOCC3)nc2c1. The van der Waals surface area contributed by atoms with Gasteiger partial charge in [-0.1, -0.05) is 29.8 Å². The van der Waals surface area contributed by atoms with Crippen LogP contribution in [0.2, 0.25) is 5.02 Å². The van der Waals surface area contributed by atoms with Crippen LogP contribution in [0.5, 0.6) is 0 Å². The molecule has 196 valence electrons. The van der Waals surface area contributed by atoms with Gasteiger partial charge < -0.3 is 20.1 Å². The number of hydrogen-bond donors (Lipinski definition) is 2. The first kappa shape index (κ1) is 25.9. The average molecular weight is 543 g/mol. The van der Waals surface area contributed by atoms with Gasteiger partial charge in [0.1, 0.15) is 5.82 Å². The second-order valence-corrected chi connectivity index (χ2v) is 9.13. The third-order valence-electron chi connectivity index (χ3n) is 6.17. The van der Waals surface area contributed by atoms with Crippen molar-refractivity contribution in [3.8, 4) is 0 Å². The van der Waals surface area contributed by atoms with Crippen molar-refractivity contribution in [2.75, 3.05) is 36.5 Å². The number of anilines is 2. The summed E-state index contributed by atoms with van der Waals surface area (Å²) in [7, 11) is 0. The molecule has 1 aliphatic rings. The smallest absolute Gasteiger partial charge is 0.378 e. The highest BCUT2D eigenvalue weighted by atomic mass is 35.5. The van der Waals surface area contributed by atoms with Gasteiger partial charge in [-0.3, -0.25) is 9.78 Å². The highest BCUT2D eigenvalue weighted by Gasteiger charge is 2.33. The summed E-state index contributed by atoms with van der Waals surface area (Å²) in [6.07, 6.45) is -4.42. The largest absolute Gasteiger partial charge is 0.417 e. The predicted octanol–water partition coefficient (Wildman–Crippen LogP) is 5.47. The van der Waals surface area contributed by atoms with E-state index in [0.29, 0.717) is 60.0 Å². The van der Waals surface area contributed by atoms with E-state index in [1.165, 1.54) is 12.1 Å². The number of ether oxygens (including phenoxy) is 1. The summed E-state index contributed by atoms with van der Waals surface area (Å²) in [6, 6.07) is 14.6. The quantitative estimate of drug-likeness (QED) is 0.247. The summed E-state index contributed by atoms with van der Waals surface area (Å²) < 4.78 is 45.0. The Hall–Kier alpha value is -3.73. The molecule has 1 unspecified atom stereocenters. The molecular weight excluding hydrogens is 521 g/mol. The standard InChI is InChI=1S/C27H22ClF3N4O3/c28-21-6-4-18(13-20(21)27(29,30)31)26(37)33-19-3-1-2-16(12-19)25(36)17-5-7-22-23(14-17)34-24(15-32-22)35-8-10-38-11-9-35/h1-7,12-15,26,33,37H,8-11H2. The zero-order valence-electron chi connectivity index (χ0n) is 19.9. The minimum atomic E-state index is -4.66. The molecule has 7 nitrogen and oxygen atoms in total. The van der Waals surface area contributed by atoms with Crippen molar-refractivity contribution in [3.05, 3.63) is 94.1 Å². The van der Waals surface area contributed by atoms with Crippen molar-refractivity contribution in [1.82, 2.24) is 9.97 Å². The molecular formula is C27H22ClF3N4O3. The van der Waals surface area contributed by atoms with E-state index in [-0.39, 0.29) is 11.3 Å². The number of ketones is 1. The molecule has 0 aliphatic carbocycles. The maximum Gasteiger partial charge on any atom is 0.417 e. The molecule has 11 heteroatoms. The Kier molecular flexibility index (Phi) is 7.20. The molecule has 4 aromatic rings. The molecule has 1 saturated heterocycles. The average Bonchev–Trinajstić information content (AvgIpc) is 2.92. The molecule has 0 spiro atoms. The van der Waals surface area contributed by atoms with Crippen molar-refractivity contribution in [1.29, 1.82) is 0 Å². The summed E-state index contributed by atoms with van der Waals surface area (Å²) in [5.41, 5.74) is 1.23. The number of hydrogen-bond acceptors (Lipinski definition) is 7. The van der Waals surface area contributed by atoms with Crippen molar-refractivity contribution in [3.63, 3.8) is 0 Å². The Labute approximate surface area is 220 Å². The topological polar surface area (TPSA) is 87.6 Å². The van der Waals surface area contributed by atoms with Gasteiger partial charge in [0.15, 0.2) is 12.0 Å². The van der Waals surface area contributed by atoms with Crippen molar-refractivity contribution >= 4 is 39.9 Å². The summed E-state index contributed by atoms with van der Waals surface area (Å²) in [5.74, 6) is 0.427. The van der Waals surface area contributed by atoms with Gasteiger partial charge >= 0.3 is 6.18 Å². The van der Waals surface area contributed by atoms with Gasteiger partial charge in [-0.15, -0.1) is 0 Å². The van der Waals surface area contributed by atoms with Crippen LogP contribution in [-0.4, -0.2) is 47.2 Å². The van der Waals surface area contributed by atoms with E-state index in [9.17, 15) is 23.1 Å². The van der Waals surface area contributed by atoms with E-state index in [0.717, 1.165) is 12.1 Å². The number of nitrogens with one attached hydrogen (secondary N) is 1. The molecule has 0 amide bonds. The normalized spacial score (nSPS) is 14.9. The van der Waals surface area contributed by atoms with E-state index < -0.39 is 23.0 Å². The minimum Gasteiger partial charge on any atom is -0.378 e. The van der Waals surface area contributed by atoms with Crippen LogP contribution in [0.1, 0.15) is 33.3 Å². The minimum absolute atomic E-state index is 0.0253. The van der Waals surface area contributed by atoms with Gasteiger partial charge in [-0.05, 0) is 42.5 Å². The number of aliphatic hydroxyl groups is 1. The van der Waals surface area contributed by atoms with Gasteiger partial charge in [-0.2, -0.15) is 13.2 Å². The fourth-order valence-electron chi connectivity index (χ4n) is 4.18. The van der Waals surface area contributed by atoms with E-state index >= 15 is 0 Å². The number of alkyl halides is 3. The lowest BCUT2D eigenvalue weighted by Gasteiger charge is -2.27. The van der Waals surface area contributed by atoms with Crippen LogP contribution in [0.3, 0.4) is 0 Å². The molecule has 1 aliphatic heterocycles. The van der Waals surface area contributed by atoms with E-state index in [1.54, 1.807) is 42.6 Å². The number of rotatable bonds is 6. The second kappa shape index (κ2) is 10.6. The van der Waals surface area contributed by atoms with Crippen molar-refractivity contribution in [2.45, 2.75) is 12.4 Å². The molecule has 5 rings (SSSR count). The molecule has 1 atom stereocenters. The van der Waals surface area contributed by atoms with Crippen LogP contribution in [0.15, 0.2) is 66.9 Å². The number of carbonyl (C=O) groups is 1. The van der Waals surface area contributed by atoms with Crippen molar-refractivity contribution in [2.24, 2.45) is 0 Å². The lowest BCUT2D eigenvalue weighted by molar-refractivity contribution is -0.137. The summed E-state index contributed by atoms with van der Waals surface area (Å²) in [6.45, 7) is 2.63. The molecule has 1 fully saturated rings. The summed E-state index contributed by atoms with van der Waals surface area (Å²) in [4.78, 5) is 24.5. The summed E-state index contributed by atoms with van der Waals surface area (Å²) >= 11 is 5.67. The van der Waals surface area contributed by atoms with Crippen LogP contribution in [0.4, 0.5) is 24.7 Å².